The molecule has 2 aromatic carbocycles. The summed E-state index contributed by atoms with van der Waals surface area (Å²) in [5.41, 5.74) is 10.2. The lowest BCUT2D eigenvalue weighted by atomic mass is 9.96. The number of hydrogen-bond donors (Lipinski definition) is 1. The molecule has 2 aliphatic heterocycles. The molecule has 348 valence electrons. The minimum absolute atomic E-state index is 0.203. The number of azide groups is 1. The summed E-state index contributed by atoms with van der Waals surface area (Å²) in [5.74, 6) is -2.99. The van der Waals surface area contributed by atoms with Crippen molar-refractivity contribution < 1.29 is 61.4 Å². The highest BCUT2D eigenvalue weighted by atomic mass is 35.6. The lowest BCUT2D eigenvalue weighted by molar-refractivity contribution is -0.348. The van der Waals surface area contributed by atoms with Crippen molar-refractivity contribution in [1.82, 2.24) is 0 Å². The number of halogens is 3. The molecule has 0 spiro atoms. The van der Waals surface area contributed by atoms with Crippen LogP contribution >= 0.6 is 34.8 Å². The van der Waals surface area contributed by atoms with Crippen LogP contribution in [0.25, 0.3) is 10.4 Å². The van der Waals surface area contributed by atoms with Gasteiger partial charge in [0.05, 0.1) is 7.11 Å². The van der Waals surface area contributed by atoms with Gasteiger partial charge in [0, 0.05) is 18.8 Å². The molecule has 2 heterocycles. The summed E-state index contributed by atoms with van der Waals surface area (Å²) < 4.78 is 59.6. The molecule has 63 heavy (non-hydrogen) atoms. The molecule has 0 bridgehead atoms. The number of rotatable bonds is 22. The van der Waals surface area contributed by atoms with Crippen molar-refractivity contribution in [2.24, 2.45) is 5.11 Å². The van der Waals surface area contributed by atoms with E-state index in [0.29, 0.717) is 5.75 Å². The molecule has 4 rings (SSSR count). The summed E-state index contributed by atoms with van der Waals surface area (Å²) in [6.45, 7) is 8.65. The maximum atomic E-state index is 13.8. The first kappa shape index (κ1) is 51.8. The van der Waals surface area contributed by atoms with Crippen LogP contribution < -0.4 is 9.47 Å². The first-order chi connectivity index (χ1) is 30.1. The number of benzene rings is 2. The number of nitrogens with one attached hydrogen (secondary N) is 1. The van der Waals surface area contributed by atoms with Crippen molar-refractivity contribution in [1.29, 1.82) is 5.41 Å². The highest BCUT2D eigenvalue weighted by Gasteiger charge is 2.59. The van der Waals surface area contributed by atoms with Crippen LogP contribution in [0.5, 0.6) is 11.5 Å². The number of esters is 3. The van der Waals surface area contributed by atoms with Crippen molar-refractivity contribution in [2.45, 2.75) is 157 Å². The number of nitrogens with zero attached hydrogens (tertiary/aromatic N) is 3. The second-order valence-corrected chi connectivity index (χ2v) is 21.5. The van der Waals surface area contributed by atoms with E-state index in [1.54, 1.807) is 60.7 Å². The maximum Gasteiger partial charge on any atom is 0.338 e. The van der Waals surface area contributed by atoms with Crippen LogP contribution in [0.4, 0.5) is 0 Å². The number of para-hydroxylation sites is 2. The highest BCUT2D eigenvalue weighted by Crippen LogP contribution is 2.40. The second-order valence-electron chi connectivity index (χ2n) is 15.1. The molecule has 21 heteroatoms. The van der Waals surface area contributed by atoms with Gasteiger partial charge in [-0.25, -0.2) is 4.79 Å². The Hall–Kier alpha value is -3.84. The Kier molecular flexibility index (Phi) is 20.6. The van der Waals surface area contributed by atoms with Crippen molar-refractivity contribution in [2.75, 3.05) is 7.11 Å². The van der Waals surface area contributed by atoms with Gasteiger partial charge >= 0.3 is 17.9 Å². The first-order valence-corrected chi connectivity index (χ1v) is 24.6. The molecule has 17 nitrogen and oxygen atoms in total. The number of carbonyl (C=O) groups excluding carboxylic acids is 3. The van der Waals surface area contributed by atoms with E-state index in [1.807, 2.05) is 0 Å². The third-order valence-corrected chi connectivity index (χ3v) is 15.4. The zero-order valence-electron chi connectivity index (χ0n) is 36.2. The van der Waals surface area contributed by atoms with Gasteiger partial charge in [0.2, 0.25) is 24.6 Å². The van der Waals surface area contributed by atoms with Crippen LogP contribution in [0.2, 0.25) is 18.1 Å². The second kappa shape index (κ2) is 25.0. The Morgan fingerprint density at radius 3 is 1.70 bits per heavy atom. The number of methoxy groups -OCH3 is 1. The van der Waals surface area contributed by atoms with E-state index < -0.39 is 97.5 Å². The number of unbranched alkanes of at least 4 members (excludes halogenated alkanes) is 3. The predicted octanol–water partition coefficient (Wildman–Crippen LogP) is 9.12. The number of alkyl halides is 3. The van der Waals surface area contributed by atoms with Crippen LogP contribution in [0.3, 0.4) is 0 Å². The lowest BCUT2D eigenvalue weighted by Gasteiger charge is -2.49. The number of hydrogen-bond acceptors (Lipinski definition) is 15. The van der Waals surface area contributed by atoms with Gasteiger partial charge < -0.3 is 47.1 Å². The molecule has 2 saturated heterocycles. The fraction of sp³-hybridized carbons (Fsp3) is 0.619. The summed E-state index contributed by atoms with van der Waals surface area (Å²) in [5, 5.41) is 12.5. The molecule has 0 aliphatic carbocycles. The Labute approximate surface area is 383 Å². The molecule has 0 radical (unpaired) electrons. The fourth-order valence-electron chi connectivity index (χ4n) is 7.40. The largest absolute Gasteiger partial charge is 0.487 e. The van der Waals surface area contributed by atoms with Crippen LogP contribution in [0, 0.1) is 5.41 Å². The SMILES string of the molecule is CCCC[Si](CCCC)(CCCC)O[C@@H]1[C@@H](OC(C)=O)O[C@@H](O[C@@H]2[C@H](Oc3ccccc3)[C@@H](OC(C)=O)[C@H](OC(=N)C(Cl)(Cl)Cl)O[C@@H]2C(=O)OC)[C@H](N=[N+]=[N-])[C@H]1Oc1ccccc1. The summed E-state index contributed by atoms with van der Waals surface area (Å²) in [6, 6.07) is 18.0. The van der Waals surface area contributed by atoms with E-state index in [-0.39, 0.29) is 5.75 Å². The lowest BCUT2D eigenvalue weighted by Crippen LogP contribution is -2.68. The monoisotopic (exact) mass is 958 g/mol. The average molecular weight is 960 g/mol. The summed E-state index contributed by atoms with van der Waals surface area (Å²) in [6.07, 6.45) is -8.66. The third-order valence-electron chi connectivity index (χ3n) is 10.3. The van der Waals surface area contributed by atoms with Gasteiger partial charge in [-0.3, -0.25) is 15.0 Å². The normalized spacial score (nSPS) is 26.0. The minimum Gasteiger partial charge on any atom is -0.487 e. The Balaban J connectivity index is 1.93. The van der Waals surface area contributed by atoms with E-state index in [0.717, 1.165) is 70.7 Å². The minimum atomic E-state index is -2.70. The fourth-order valence-corrected chi connectivity index (χ4v) is 12.5. The van der Waals surface area contributed by atoms with Gasteiger partial charge in [0.1, 0.15) is 35.9 Å². The predicted molar refractivity (Wildman–Crippen MR) is 235 cm³/mol. The van der Waals surface area contributed by atoms with Crippen LogP contribution in [0.15, 0.2) is 65.8 Å². The van der Waals surface area contributed by atoms with Crippen molar-refractivity contribution in [3.8, 4) is 11.5 Å². The van der Waals surface area contributed by atoms with Gasteiger partial charge in [0.25, 0.3) is 3.79 Å². The van der Waals surface area contributed by atoms with Crippen LogP contribution in [-0.4, -0.2) is 105 Å². The molecule has 10 atom stereocenters. The Bertz CT molecular complexity index is 1810. The smallest absolute Gasteiger partial charge is 0.338 e. The molecule has 2 fully saturated rings. The molecule has 0 amide bonds. The summed E-state index contributed by atoms with van der Waals surface area (Å²) in [4.78, 5) is 42.6. The number of ether oxygens (including phenoxy) is 9. The standard InChI is InChI=1S/C42H57Cl3N4O13Si/c1-7-10-23-63(24-11-8-2,25-12-9-3)62-36-31(56-28-19-15-13-16-20-28)30(48-49-47)38(60-40(36)55-27(5)51)58-32-33(57-29-21-17-14-18-22-29)35(54-26(4)50)39(59-34(32)37(52)53-6)61-41(46)42(43,44)45/h13-22,30-36,38-40,46H,7-12,23-25H2,1-6H3/t30-,31-,32-,33+,34+,35-,36+,38-,39+,40+/m1/s1. The van der Waals surface area contributed by atoms with Crippen LogP contribution in [-0.2, 0) is 52.0 Å². The Morgan fingerprint density at radius 2 is 1.24 bits per heavy atom. The molecular formula is C42H57Cl3N4O13Si. The van der Waals surface area contributed by atoms with Gasteiger partial charge in [-0.05, 0) is 47.9 Å². The average Bonchev–Trinajstić information content (AvgIpc) is 3.25. The van der Waals surface area contributed by atoms with Crippen molar-refractivity contribution >= 4 is 66.9 Å². The van der Waals surface area contributed by atoms with E-state index in [4.69, 9.17) is 87.3 Å². The zero-order chi connectivity index (χ0) is 46.2. The van der Waals surface area contributed by atoms with E-state index in [1.165, 1.54) is 6.92 Å². The van der Waals surface area contributed by atoms with Crippen molar-refractivity contribution in [3.63, 3.8) is 0 Å². The molecule has 0 aromatic heterocycles. The van der Waals surface area contributed by atoms with E-state index in [9.17, 15) is 19.9 Å². The van der Waals surface area contributed by atoms with Gasteiger partial charge in [0.15, 0.2) is 26.8 Å². The molecule has 1 N–H and O–H groups in total. The quantitative estimate of drug-likeness (QED) is 0.0134. The number of carbonyl (C=O) groups is 3. The summed E-state index contributed by atoms with van der Waals surface area (Å²) >= 11 is 17.9. The molecule has 0 unspecified atom stereocenters. The zero-order valence-corrected chi connectivity index (χ0v) is 39.5. The summed E-state index contributed by atoms with van der Waals surface area (Å²) in [7, 11) is -1.61. The third kappa shape index (κ3) is 14.8. The Morgan fingerprint density at radius 1 is 0.730 bits per heavy atom. The maximum absolute atomic E-state index is 13.8. The molecule has 0 saturated carbocycles. The molecular weight excluding hydrogens is 903 g/mol. The van der Waals surface area contributed by atoms with Gasteiger partial charge in [-0.2, -0.15) is 0 Å². The van der Waals surface area contributed by atoms with Crippen LogP contribution in [0.1, 0.15) is 73.1 Å². The van der Waals surface area contributed by atoms with E-state index in [2.05, 4.69) is 30.8 Å². The van der Waals surface area contributed by atoms with Gasteiger partial charge in [-0.1, -0.05) is 136 Å². The first-order valence-electron chi connectivity index (χ1n) is 21.0. The molecule has 2 aliphatic rings. The highest BCUT2D eigenvalue weighted by molar-refractivity contribution is 6.76. The molecule has 2 aromatic rings. The van der Waals surface area contributed by atoms with E-state index >= 15 is 0 Å². The van der Waals surface area contributed by atoms with Gasteiger partial charge in [-0.15, -0.1) is 0 Å². The van der Waals surface area contributed by atoms with Crippen molar-refractivity contribution in [3.05, 3.63) is 71.1 Å². The topological polar surface area (TPSA) is 216 Å².